The number of H-pyrrole nitrogens is 1. The molecule has 0 amide bonds. The topological polar surface area (TPSA) is 65.5 Å². The molecule has 0 bridgehead atoms. The van der Waals surface area contributed by atoms with Gasteiger partial charge < -0.3 is 19.9 Å². The zero-order valence-corrected chi connectivity index (χ0v) is 16.0. The number of amidine groups is 1. The number of pyridine rings is 1. The van der Waals surface area contributed by atoms with Crippen LogP contribution >= 0.6 is 11.3 Å². The van der Waals surface area contributed by atoms with E-state index in [9.17, 15) is 0 Å². The number of fused-ring (bicyclic) bond motifs is 4. The molecule has 1 unspecified atom stereocenters. The van der Waals surface area contributed by atoms with Gasteiger partial charge >= 0.3 is 0 Å². The molecule has 28 heavy (non-hydrogen) atoms. The lowest BCUT2D eigenvalue weighted by Gasteiger charge is -2.33. The molecule has 1 saturated heterocycles. The highest BCUT2D eigenvalue weighted by Crippen LogP contribution is 2.42. The Morgan fingerprint density at radius 3 is 2.93 bits per heavy atom. The van der Waals surface area contributed by atoms with Crippen LogP contribution in [-0.2, 0) is 4.74 Å². The fourth-order valence-electron chi connectivity index (χ4n) is 4.08. The zero-order chi connectivity index (χ0) is 18.5. The maximum Gasteiger partial charge on any atom is 0.147 e. The van der Waals surface area contributed by atoms with Crippen LogP contribution in [0.1, 0.15) is 16.6 Å². The molecular weight excluding hydrogens is 370 g/mol. The Bertz CT molecular complexity index is 1200. The molecule has 1 atom stereocenters. The molecule has 5 heterocycles. The molecule has 1 fully saturated rings. The number of nitrogens with one attached hydrogen (secondary N) is 2. The predicted molar refractivity (Wildman–Crippen MR) is 113 cm³/mol. The Balaban J connectivity index is 1.54. The van der Waals surface area contributed by atoms with E-state index in [0.29, 0.717) is 0 Å². The second-order valence-electron chi connectivity index (χ2n) is 7.05. The van der Waals surface area contributed by atoms with E-state index in [4.69, 9.17) is 9.73 Å². The summed E-state index contributed by atoms with van der Waals surface area (Å²) in [6.45, 7) is 3.20. The average molecular weight is 389 g/mol. The number of morpholine rings is 1. The maximum absolute atomic E-state index is 5.57. The van der Waals surface area contributed by atoms with Crippen molar-refractivity contribution in [1.29, 1.82) is 0 Å². The first-order chi connectivity index (χ1) is 13.9. The highest BCUT2D eigenvalue weighted by molar-refractivity contribution is 7.21. The first-order valence-corrected chi connectivity index (χ1v) is 10.3. The number of hydrogen-bond acceptors (Lipinski definition) is 6. The SMILES string of the molecule is c1cc(C2N=C(N3CCOCC3)c3sc4ncccc4c3N2)c2cc[nH]c2c1. The third kappa shape index (κ3) is 2.43. The Labute approximate surface area is 165 Å². The summed E-state index contributed by atoms with van der Waals surface area (Å²) in [5, 5.41) is 6.06. The van der Waals surface area contributed by atoms with Crippen LogP contribution in [-0.4, -0.2) is 47.0 Å². The number of nitrogens with zero attached hydrogens (tertiary/aromatic N) is 3. The summed E-state index contributed by atoms with van der Waals surface area (Å²) in [7, 11) is 0. The second-order valence-corrected chi connectivity index (χ2v) is 8.05. The summed E-state index contributed by atoms with van der Waals surface area (Å²) in [4.78, 5) is 17.6. The van der Waals surface area contributed by atoms with Crippen LogP contribution in [0.5, 0.6) is 0 Å². The molecule has 1 aromatic carbocycles. The Morgan fingerprint density at radius 2 is 2.00 bits per heavy atom. The molecule has 2 aliphatic heterocycles. The molecule has 0 aliphatic carbocycles. The highest BCUT2D eigenvalue weighted by atomic mass is 32.1. The van der Waals surface area contributed by atoms with Crippen LogP contribution in [0, 0.1) is 0 Å². The minimum Gasteiger partial charge on any atom is -0.378 e. The molecule has 3 aromatic heterocycles. The van der Waals surface area contributed by atoms with E-state index in [-0.39, 0.29) is 6.17 Å². The number of benzene rings is 1. The maximum atomic E-state index is 5.57. The van der Waals surface area contributed by atoms with Crippen molar-refractivity contribution in [2.45, 2.75) is 6.17 Å². The molecule has 0 saturated carbocycles. The molecule has 6 rings (SSSR count). The van der Waals surface area contributed by atoms with Gasteiger partial charge in [0.25, 0.3) is 0 Å². The van der Waals surface area contributed by atoms with Crippen molar-refractivity contribution < 1.29 is 4.74 Å². The Morgan fingerprint density at radius 1 is 1.07 bits per heavy atom. The van der Waals surface area contributed by atoms with Crippen molar-refractivity contribution in [2.75, 3.05) is 31.6 Å². The number of hydrogen-bond donors (Lipinski definition) is 2. The quantitative estimate of drug-likeness (QED) is 0.517. The van der Waals surface area contributed by atoms with Crippen molar-refractivity contribution in [3.05, 3.63) is 59.2 Å². The van der Waals surface area contributed by atoms with Gasteiger partial charge in [-0.05, 0) is 24.3 Å². The van der Waals surface area contributed by atoms with E-state index in [1.807, 2.05) is 18.5 Å². The summed E-state index contributed by atoms with van der Waals surface area (Å²) >= 11 is 1.71. The number of aromatic nitrogens is 2. The largest absolute Gasteiger partial charge is 0.378 e. The molecule has 140 valence electrons. The highest BCUT2D eigenvalue weighted by Gasteiger charge is 2.30. The lowest BCUT2D eigenvalue weighted by molar-refractivity contribution is 0.0681. The van der Waals surface area contributed by atoms with Gasteiger partial charge in [0.15, 0.2) is 0 Å². The number of anilines is 1. The fraction of sp³-hybridized carbons (Fsp3) is 0.238. The number of aliphatic imine (C=N–C) groups is 1. The van der Waals surface area contributed by atoms with E-state index in [1.54, 1.807) is 11.3 Å². The first kappa shape index (κ1) is 16.1. The average Bonchev–Trinajstić information content (AvgIpc) is 3.38. The van der Waals surface area contributed by atoms with Crippen LogP contribution in [0.2, 0.25) is 0 Å². The summed E-state index contributed by atoms with van der Waals surface area (Å²) < 4.78 is 5.57. The van der Waals surface area contributed by atoms with Crippen LogP contribution in [0.3, 0.4) is 0 Å². The minimum atomic E-state index is -0.136. The van der Waals surface area contributed by atoms with Gasteiger partial charge in [0.1, 0.15) is 16.8 Å². The predicted octanol–water partition coefficient (Wildman–Crippen LogP) is 3.98. The number of rotatable bonds is 1. The van der Waals surface area contributed by atoms with Gasteiger partial charge in [-0.1, -0.05) is 12.1 Å². The minimum absolute atomic E-state index is 0.136. The molecular formula is C21H19N5OS. The second kappa shape index (κ2) is 6.32. The van der Waals surface area contributed by atoms with Crippen molar-refractivity contribution in [2.24, 2.45) is 4.99 Å². The number of aromatic amines is 1. The molecule has 2 aliphatic rings. The monoisotopic (exact) mass is 389 g/mol. The van der Waals surface area contributed by atoms with Crippen LogP contribution < -0.4 is 5.32 Å². The summed E-state index contributed by atoms with van der Waals surface area (Å²) in [6.07, 6.45) is 3.70. The lowest BCUT2D eigenvalue weighted by atomic mass is 10.1. The van der Waals surface area contributed by atoms with E-state index < -0.39 is 0 Å². The van der Waals surface area contributed by atoms with Crippen LogP contribution in [0.25, 0.3) is 21.1 Å². The third-order valence-electron chi connectivity index (χ3n) is 5.44. The molecule has 0 spiro atoms. The molecule has 6 nitrogen and oxygen atoms in total. The van der Waals surface area contributed by atoms with Gasteiger partial charge in [-0.15, -0.1) is 11.3 Å². The molecule has 2 N–H and O–H groups in total. The summed E-state index contributed by atoms with van der Waals surface area (Å²) in [6, 6.07) is 12.6. The van der Waals surface area contributed by atoms with Gasteiger partial charge in [-0.2, -0.15) is 0 Å². The van der Waals surface area contributed by atoms with E-state index in [0.717, 1.165) is 53.6 Å². The molecule has 7 heteroatoms. The van der Waals surface area contributed by atoms with Gasteiger partial charge in [0.2, 0.25) is 0 Å². The smallest absolute Gasteiger partial charge is 0.147 e. The van der Waals surface area contributed by atoms with E-state index in [2.05, 4.69) is 50.5 Å². The Hall–Kier alpha value is -2.90. The fourth-order valence-corrected chi connectivity index (χ4v) is 5.21. The van der Waals surface area contributed by atoms with Gasteiger partial charge in [-0.25, -0.2) is 9.98 Å². The van der Waals surface area contributed by atoms with Crippen LogP contribution in [0.15, 0.2) is 53.8 Å². The van der Waals surface area contributed by atoms with E-state index >= 15 is 0 Å². The first-order valence-electron chi connectivity index (χ1n) is 9.49. The van der Waals surface area contributed by atoms with Crippen molar-refractivity contribution >= 4 is 44.0 Å². The van der Waals surface area contributed by atoms with E-state index in [1.165, 1.54) is 15.8 Å². The standard InChI is InChI=1S/C21H19N5OS/c1-3-14(13-6-8-22-16(13)5-1)19-24-17-15-4-2-7-23-21(15)28-18(17)20(25-19)26-9-11-27-12-10-26/h1-8,19,22,24H,9-12H2. The summed E-state index contributed by atoms with van der Waals surface area (Å²) in [5.41, 5.74) is 3.45. The van der Waals surface area contributed by atoms with Crippen molar-refractivity contribution in [3.8, 4) is 0 Å². The summed E-state index contributed by atoms with van der Waals surface area (Å²) in [5.74, 6) is 1.05. The number of ether oxygens (including phenoxy) is 1. The Kier molecular flexibility index (Phi) is 3.63. The molecule has 0 radical (unpaired) electrons. The van der Waals surface area contributed by atoms with Gasteiger partial charge in [-0.3, -0.25) is 0 Å². The number of thiophene rings is 1. The third-order valence-corrected chi connectivity index (χ3v) is 6.55. The van der Waals surface area contributed by atoms with Crippen molar-refractivity contribution in [3.63, 3.8) is 0 Å². The normalized spacial score (nSPS) is 19.5. The lowest BCUT2D eigenvalue weighted by Crippen LogP contribution is -2.42. The molecule has 4 aromatic rings. The van der Waals surface area contributed by atoms with Crippen LogP contribution in [0.4, 0.5) is 5.69 Å². The van der Waals surface area contributed by atoms with Crippen molar-refractivity contribution in [1.82, 2.24) is 14.9 Å². The van der Waals surface area contributed by atoms with Gasteiger partial charge in [0, 0.05) is 47.3 Å². The zero-order valence-electron chi connectivity index (χ0n) is 15.2. The van der Waals surface area contributed by atoms with Gasteiger partial charge in [0.05, 0.1) is 23.8 Å².